The first kappa shape index (κ1) is 18.4. The van der Waals surface area contributed by atoms with Gasteiger partial charge in [0.25, 0.3) is 5.91 Å². The van der Waals surface area contributed by atoms with Crippen molar-refractivity contribution in [3.8, 4) is 0 Å². The van der Waals surface area contributed by atoms with Crippen LogP contribution in [0.3, 0.4) is 0 Å². The molecule has 2 N–H and O–H groups in total. The van der Waals surface area contributed by atoms with Crippen molar-refractivity contribution in [1.82, 2.24) is 5.32 Å². The second kappa shape index (κ2) is 7.89. The number of carbonyl (C=O) groups is 2. The fourth-order valence-corrected chi connectivity index (χ4v) is 3.38. The molecule has 1 aliphatic carbocycles. The van der Waals surface area contributed by atoms with Crippen LogP contribution in [-0.2, 0) is 16.0 Å². The second-order valence-electron chi connectivity index (χ2n) is 5.84. The van der Waals surface area contributed by atoms with E-state index in [1.807, 2.05) is 42.5 Å². The molecule has 2 aromatic carbocycles. The van der Waals surface area contributed by atoms with Crippen LogP contribution < -0.4 is 5.32 Å². The molecule has 0 saturated heterocycles. The fourth-order valence-electron chi connectivity index (χ4n) is 2.84. The minimum absolute atomic E-state index is 0.385. The van der Waals surface area contributed by atoms with E-state index in [0.29, 0.717) is 17.0 Å². The van der Waals surface area contributed by atoms with Gasteiger partial charge in [-0.25, -0.2) is 0 Å². The number of aliphatic carboxylic acids is 1. The van der Waals surface area contributed by atoms with Gasteiger partial charge >= 0.3 is 5.97 Å². The van der Waals surface area contributed by atoms with E-state index < -0.39 is 12.5 Å². The number of carboxylic acid groups (broad SMARTS) is 1. The molecule has 132 valence electrons. The Morgan fingerprint density at radius 3 is 2.58 bits per heavy atom. The van der Waals surface area contributed by atoms with Gasteiger partial charge in [-0.15, -0.1) is 0 Å². The molecule has 0 atom stereocenters. The maximum Gasteiger partial charge on any atom is 0.322 e. The Bertz CT molecular complexity index is 933. The second-order valence-corrected chi connectivity index (χ2v) is 7.19. The zero-order valence-electron chi connectivity index (χ0n) is 13.6. The van der Waals surface area contributed by atoms with Crippen molar-refractivity contribution in [1.29, 1.82) is 0 Å². The molecule has 0 aliphatic heterocycles. The average Bonchev–Trinajstić information content (AvgIpc) is 2.96. The van der Waals surface area contributed by atoms with Crippen LogP contribution >= 0.6 is 27.5 Å². The van der Waals surface area contributed by atoms with Crippen molar-refractivity contribution in [2.24, 2.45) is 0 Å². The van der Waals surface area contributed by atoms with Crippen LogP contribution in [0.1, 0.15) is 16.7 Å². The molecule has 2 aromatic rings. The number of halogens is 2. The molecule has 6 heteroatoms. The number of hydrogen-bond acceptors (Lipinski definition) is 2. The van der Waals surface area contributed by atoms with Crippen molar-refractivity contribution in [2.75, 3.05) is 6.54 Å². The van der Waals surface area contributed by atoms with E-state index in [2.05, 4.69) is 21.2 Å². The van der Waals surface area contributed by atoms with E-state index in [0.717, 1.165) is 26.7 Å². The van der Waals surface area contributed by atoms with Gasteiger partial charge < -0.3 is 10.4 Å². The summed E-state index contributed by atoms with van der Waals surface area (Å²) in [7, 11) is 0. The number of carboxylic acids is 1. The van der Waals surface area contributed by atoms with Crippen LogP contribution in [0.15, 0.2) is 58.6 Å². The lowest BCUT2D eigenvalue weighted by molar-refractivity contribution is -0.137. The minimum atomic E-state index is -1.08. The minimum Gasteiger partial charge on any atom is -0.480 e. The zero-order chi connectivity index (χ0) is 18.7. The number of hydrogen-bond donors (Lipinski definition) is 2. The Hall–Kier alpha value is -2.37. The SMILES string of the molecule is O=C(O)CNC(=O)C1=C(/C=C/c2ccc(Cl)cc2)Cc2cc(Br)ccc21. The van der Waals surface area contributed by atoms with Crippen molar-refractivity contribution >= 4 is 51.1 Å². The van der Waals surface area contributed by atoms with Crippen molar-refractivity contribution in [3.63, 3.8) is 0 Å². The first-order valence-electron chi connectivity index (χ1n) is 7.89. The summed E-state index contributed by atoms with van der Waals surface area (Å²) in [5, 5.41) is 11.9. The lowest BCUT2D eigenvalue weighted by Gasteiger charge is -2.07. The summed E-state index contributed by atoms with van der Waals surface area (Å²) in [6.45, 7) is -0.414. The van der Waals surface area contributed by atoms with Crippen LogP contribution in [0.25, 0.3) is 11.6 Å². The summed E-state index contributed by atoms with van der Waals surface area (Å²) < 4.78 is 0.935. The summed E-state index contributed by atoms with van der Waals surface area (Å²) in [6, 6.07) is 13.1. The predicted octanol–water partition coefficient (Wildman–Crippen LogP) is 4.33. The summed E-state index contributed by atoms with van der Waals surface area (Å²) in [5.41, 5.74) is 4.17. The molecule has 1 amide bonds. The normalized spacial score (nSPS) is 13.2. The van der Waals surface area contributed by atoms with Crippen LogP contribution in [0.5, 0.6) is 0 Å². The molecule has 0 fully saturated rings. The van der Waals surface area contributed by atoms with Gasteiger partial charge in [-0.05, 0) is 52.9 Å². The summed E-state index contributed by atoms with van der Waals surface area (Å²) in [6.07, 6.45) is 4.42. The molecule has 4 nitrogen and oxygen atoms in total. The van der Waals surface area contributed by atoms with Gasteiger partial charge in [0.2, 0.25) is 0 Å². The summed E-state index contributed by atoms with van der Waals surface area (Å²) in [4.78, 5) is 23.3. The highest BCUT2D eigenvalue weighted by Crippen LogP contribution is 2.35. The number of benzene rings is 2. The molecule has 1 aliphatic rings. The third kappa shape index (κ3) is 4.23. The Morgan fingerprint density at radius 2 is 1.88 bits per heavy atom. The smallest absolute Gasteiger partial charge is 0.322 e. The van der Waals surface area contributed by atoms with Gasteiger partial charge in [-0.2, -0.15) is 0 Å². The average molecular weight is 433 g/mol. The lowest BCUT2D eigenvalue weighted by atomic mass is 10.0. The van der Waals surface area contributed by atoms with Gasteiger partial charge in [-0.1, -0.05) is 57.9 Å². The van der Waals surface area contributed by atoms with Crippen LogP contribution in [0, 0.1) is 0 Å². The van der Waals surface area contributed by atoms with E-state index >= 15 is 0 Å². The molecule has 3 rings (SSSR count). The number of amides is 1. The molecule has 0 heterocycles. The number of carbonyl (C=O) groups excluding carboxylic acids is 1. The van der Waals surface area contributed by atoms with Gasteiger partial charge in [0.05, 0.1) is 5.57 Å². The van der Waals surface area contributed by atoms with Crippen molar-refractivity contribution in [2.45, 2.75) is 6.42 Å². The van der Waals surface area contributed by atoms with Gasteiger partial charge in [-0.3, -0.25) is 9.59 Å². The fraction of sp³-hybridized carbons (Fsp3) is 0.100. The van der Waals surface area contributed by atoms with Crippen molar-refractivity contribution < 1.29 is 14.7 Å². The molecule has 0 aromatic heterocycles. The third-order valence-electron chi connectivity index (χ3n) is 4.01. The monoisotopic (exact) mass is 431 g/mol. The molecule has 0 radical (unpaired) electrons. The largest absolute Gasteiger partial charge is 0.480 e. The maximum absolute atomic E-state index is 12.6. The quantitative estimate of drug-likeness (QED) is 0.739. The van der Waals surface area contributed by atoms with E-state index in [-0.39, 0.29) is 5.91 Å². The Kier molecular flexibility index (Phi) is 5.59. The standard InChI is InChI=1S/C20H15BrClNO3/c21-15-5-8-17-14(10-15)9-13(19(17)20(26)23-11-18(24)25)4-1-12-2-6-16(22)7-3-12/h1-8,10H,9,11H2,(H,23,26)(H,24,25)/b4-1+. The van der Waals surface area contributed by atoms with Gasteiger partial charge in [0, 0.05) is 9.50 Å². The highest BCUT2D eigenvalue weighted by Gasteiger charge is 2.25. The molecule has 0 bridgehead atoms. The Balaban J connectivity index is 1.94. The molecule has 0 saturated carbocycles. The Morgan fingerprint density at radius 1 is 1.15 bits per heavy atom. The molecule has 0 spiro atoms. The first-order valence-corrected chi connectivity index (χ1v) is 9.07. The van der Waals surface area contributed by atoms with Crippen LogP contribution in [0.4, 0.5) is 0 Å². The van der Waals surface area contributed by atoms with Gasteiger partial charge in [0.1, 0.15) is 6.54 Å². The highest BCUT2D eigenvalue weighted by molar-refractivity contribution is 9.10. The molecule has 0 unspecified atom stereocenters. The van der Waals surface area contributed by atoms with Crippen LogP contribution in [-0.4, -0.2) is 23.5 Å². The highest BCUT2D eigenvalue weighted by atomic mass is 79.9. The first-order chi connectivity index (χ1) is 12.4. The lowest BCUT2D eigenvalue weighted by Crippen LogP contribution is -2.30. The molecular weight excluding hydrogens is 418 g/mol. The topological polar surface area (TPSA) is 66.4 Å². The maximum atomic E-state index is 12.6. The number of nitrogens with one attached hydrogen (secondary N) is 1. The van der Waals surface area contributed by atoms with E-state index in [1.165, 1.54) is 0 Å². The summed E-state index contributed by atoms with van der Waals surface area (Å²) >= 11 is 9.35. The van der Waals surface area contributed by atoms with E-state index in [9.17, 15) is 9.59 Å². The third-order valence-corrected chi connectivity index (χ3v) is 4.76. The van der Waals surface area contributed by atoms with Crippen molar-refractivity contribution in [3.05, 3.63) is 80.3 Å². The number of rotatable bonds is 5. The molecule has 26 heavy (non-hydrogen) atoms. The summed E-state index contributed by atoms with van der Waals surface area (Å²) in [5.74, 6) is -1.46. The Labute approximate surface area is 164 Å². The van der Waals surface area contributed by atoms with Gasteiger partial charge in [0.15, 0.2) is 0 Å². The van der Waals surface area contributed by atoms with E-state index in [1.54, 1.807) is 12.1 Å². The zero-order valence-corrected chi connectivity index (χ0v) is 16.0. The predicted molar refractivity (Wildman–Crippen MR) is 106 cm³/mol. The number of fused-ring (bicyclic) bond motifs is 1. The van der Waals surface area contributed by atoms with Crippen LogP contribution in [0.2, 0.25) is 5.02 Å². The number of allylic oxidation sites excluding steroid dienone is 2. The van der Waals surface area contributed by atoms with E-state index in [4.69, 9.17) is 16.7 Å². The molecular formula is C20H15BrClNO3.